The molecule has 0 aliphatic rings. The molecule has 11 nitrogen and oxygen atoms in total. The molecule has 0 saturated carbocycles. The Balaban J connectivity index is 4.16. The van der Waals surface area contributed by atoms with Crippen molar-refractivity contribution < 1.29 is 95.7 Å². The number of benzene rings is 1. The molecule has 0 aliphatic heterocycles. The monoisotopic (exact) mass is 1080 g/mol. The Labute approximate surface area is 284 Å². The second-order valence-corrected chi connectivity index (χ2v) is 15.8. The van der Waals surface area contributed by atoms with Gasteiger partial charge in [-0.15, -0.1) is 0 Å². The van der Waals surface area contributed by atoms with Crippen LogP contribution in [0.2, 0.25) is 0 Å². The molecule has 0 saturated heterocycles. The number of halogens is 15. The molecule has 0 aromatic heterocycles. The normalized spacial score (nSPS) is 14.7. The van der Waals surface area contributed by atoms with E-state index < -0.39 is 104 Å². The second kappa shape index (κ2) is 12.7. The van der Waals surface area contributed by atoms with E-state index in [1.165, 1.54) is 6.92 Å². The van der Waals surface area contributed by atoms with E-state index in [0.29, 0.717) is 22.6 Å². The highest BCUT2D eigenvalue weighted by atomic mass is 127. The summed E-state index contributed by atoms with van der Waals surface area (Å²) in [6.45, 7) is -0.0369. The number of carbonyl (C=O) groups is 1. The van der Waals surface area contributed by atoms with Crippen LogP contribution in [0.3, 0.4) is 0 Å². The summed E-state index contributed by atoms with van der Waals surface area (Å²) in [5, 5.41) is -19.5. The van der Waals surface area contributed by atoms with E-state index in [4.69, 9.17) is 4.55 Å². The van der Waals surface area contributed by atoms with Crippen molar-refractivity contribution in [1.29, 1.82) is 0 Å². The first-order valence-corrected chi connectivity index (χ1v) is 17.6. The average Bonchev–Trinajstić information content (AvgIpc) is 2.82. The smallest absolute Gasteiger partial charge is 0.376 e. The molecule has 0 bridgehead atoms. The average molecular weight is 1080 g/mol. The van der Waals surface area contributed by atoms with Crippen molar-refractivity contribution >= 4 is 104 Å². The summed E-state index contributed by atoms with van der Waals surface area (Å²) in [5.41, 5.74) is -1.22. The van der Waals surface area contributed by atoms with Gasteiger partial charge in [0.15, 0.2) is 11.5 Å². The quantitative estimate of drug-likeness (QED) is 0.115. The van der Waals surface area contributed by atoms with E-state index in [-0.39, 0.29) is 6.54 Å². The van der Waals surface area contributed by atoms with Gasteiger partial charge < -0.3 is 13.7 Å². The molecule has 1 amide bonds. The third kappa shape index (κ3) is 6.98. The Morgan fingerprint density at radius 3 is 1.31 bits per heavy atom. The summed E-state index contributed by atoms with van der Waals surface area (Å²) in [6, 6.07) is 0. The standard InChI is InChI=1S/C16H10F12I3NO10S3/c1-3-32-10(33)4-5(29)8(41-44(37,38)15(25,26)12(19,20)11(2,17)18)7(31)9(6(4)30)42-45(39,40)16(27,28)13(21,22)14(23,24)43(34,35)36/h3H2,1-2H3,(H,32,33)(H,34,35,36). The fourth-order valence-electron chi connectivity index (χ4n) is 2.44. The van der Waals surface area contributed by atoms with Gasteiger partial charge >= 0.3 is 63.9 Å². The van der Waals surface area contributed by atoms with Crippen molar-refractivity contribution in [3.63, 3.8) is 0 Å². The first-order chi connectivity index (χ1) is 19.5. The highest BCUT2D eigenvalue weighted by Crippen LogP contribution is 2.53. The minimum absolute atomic E-state index is 0.384. The van der Waals surface area contributed by atoms with Gasteiger partial charge in [-0.1, -0.05) is 0 Å². The van der Waals surface area contributed by atoms with Crippen molar-refractivity contribution in [3.8, 4) is 11.5 Å². The van der Waals surface area contributed by atoms with Gasteiger partial charge in [-0.25, -0.2) is 0 Å². The van der Waals surface area contributed by atoms with Crippen molar-refractivity contribution in [2.45, 2.75) is 47.4 Å². The van der Waals surface area contributed by atoms with Gasteiger partial charge in [-0.05, 0) is 74.7 Å². The maximum absolute atomic E-state index is 14.4. The minimum Gasteiger partial charge on any atom is -0.376 e. The van der Waals surface area contributed by atoms with E-state index in [2.05, 4.69) is 8.37 Å². The number of hydrogen-bond donors (Lipinski definition) is 2. The number of hydrogen-bond acceptors (Lipinski definition) is 9. The van der Waals surface area contributed by atoms with Crippen molar-refractivity contribution in [1.82, 2.24) is 5.32 Å². The summed E-state index contributed by atoms with van der Waals surface area (Å²) in [5.74, 6) is -25.6. The molecule has 0 fully saturated rings. The first kappa shape index (κ1) is 42.5. The van der Waals surface area contributed by atoms with Crippen molar-refractivity contribution in [2.75, 3.05) is 6.54 Å². The van der Waals surface area contributed by atoms with Crippen LogP contribution in [0, 0.1) is 10.7 Å². The third-order valence-electron chi connectivity index (χ3n) is 4.79. The predicted molar refractivity (Wildman–Crippen MR) is 149 cm³/mol. The Morgan fingerprint density at radius 2 is 1.02 bits per heavy atom. The van der Waals surface area contributed by atoms with Gasteiger partial charge in [0.25, 0.3) is 5.91 Å². The molecule has 1 aromatic rings. The molecule has 1 rings (SSSR count). The molecule has 0 radical (unpaired) electrons. The fraction of sp³-hybridized carbons (Fsp3) is 0.562. The van der Waals surface area contributed by atoms with E-state index in [1.807, 2.05) is 5.32 Å². The topological polar surface area (TPSA) is 170 Å². The van der Waals surface area contributed by atoms with E-state index in [9.17, 15) is 82.7 Å². The molecule has 1 aromatic carbocycles. The number of carbonyl (C=O) groups excluding carboxylic acids is 1. The number of amides is 1. The van der Waals surface area contributed by atoms with Crippen LogP contribution in [0.1, 0.15) is 24.2 Å². The molecule has 0 unspecified atom stereocenters. The SMILES string of the molecule is CCNC(=O)c1c(I)c(OS(=O)(=O)C(F)(F)C(F)(F)C(C)(F)F)c(I)c(OS(=O)(=O)C(F)(F)C(F)(F)C(F)(F)S(=O)(=O)O)c1I. The first-order valence-electron chi connectivity index (χ1n) is 10.1. The van der Waals surface area contributed by atoms with Crippen LogP contribution in [0.25, 0.3) is 0 Å². The Kier molecular flexibility index (Phi) is 12.0. The Hall–Kier alpha value is -0.550. The lowest BCUT2D eigenvalue weighted by Crippen LogP contribution is -2.61. The van der Waals surface area contributed by atoms with Gasteiger partial charge in [0.2, 0.25) is 0 Å². The van der Waals surface area contributed by atoms with Gasteiger partial charge in [0.1, 0.15) is 3.57 Å². The summed E-state index contributed by atoms with van der Waals surface area (Å²) < 4.78 is 248. The maximum Gasteiger partial charge on any atom is 0.450 e. The van der Waals surface area contributed by atoms with Gasteiger partial charge in [0.05, 0.1) is 12.7 Å². The number of alkyl halides is 12. The molecular weight excluding hydrogens is 1070 g/mol. The fourth-order valence-corrected chi connectivity index (χ4v) is 9.57. The van der Waals surface area contributed by atoms with Crippen LogP contribution in [0.5, 0.6) is 11.5 Å². The third-order valence-corrected chi connectivity index (χ3v) is 11.3. The lowest BCUT2D eigenvalue weighted by atomic mass is 10.2. The van der Waals surface area contributed by atoms with Crippen molar-refractivity contribution in [2.24, 2.45) is 0 Å². The molecule has 45 heavy (non-hydrogen) atoms. The van der Waals surface area contributed by atoms with Crippen LogP contribution in [-0.2, 0) is 30.4 Å². The highest BCUT2D eigenvalue weighted by Gasteiger charge is 2.83. The van der Waals surface area contributed by atoms with E-state index in [0.717, 1.165) is 45.2 Å². The summed E-state index contributed by atoms with van der Waals surface area (Å²) in [6.07, 6.45) is 0. The van der Waals surface area contributed by atoms with E-state index >= 15 is 0 Å². The van der Waals surface area contributed by atoms with Gasteiger partial charge in [-0.3, -0.25) is 9.35 Å². The van der Waals surface area contributed by atoms with Crippen LogP contribution < -0.4 is 13.7 Å². The molecule has 2 N–H and O–H groups in total. The van der Waals surface area contributed by atoms with Gasteiger partial charge in [-0.2, -0.15) is 77.9 Å². The summed E-state index contributed by atoms with van der Waals surface area (Å²) >= 11 is 2.22. The zero-order valence-electron chi connectivity index (χ0n) is 20.7. The minimum atomic E-state index is -7.71. The maximum atomic E-state index is 14.4. The van der Waals surface area contributed by atoms with Gasteiger partial charge in [0, 0.05) is 13.5 Å². The van der Waals surface area contributed by atoms with E-state index in [1.54, 1.807) is 0 Å². The summed E-state index contributed by atoms with van der Waals surface area (Å²) in [7, 11) is -22.6. The predicted octanol–water partition coefficient (Wildman–Crippen LogP) is 5.26. The van der Waals surface area contributed by atoms with Crippen LogP contribution >= 0.6 is 67.8 Å². The van der Waals surface area contributed by atoms with Crippen LogP contribution in [0.4, 0.5) is 52.7 Å². The zero-order valence-corrected chi connectivity index (χ0v) is 29.6. The molecule has 0 heterocycles. The largest absolute Gasteiger partial charge is 0.450 e. The molecule has 29 heteroatoms. The molecule has 262 valence electrons. The zero-order chi connectivity index (χ0) is 36.4. The lowest BCUT2D eigenvalue weighted by Gasteiger charge is -2.30. The van der Waals surface area contributed by atoms with Crippen LogP contribution in [-0.4, -0.2) is 75.8 Å². The van der Waals surface area contributed by atoms with Crippen LogP contribution in [0.15, 0.2) is 0 Å². The highest BCUT2D eigenvalue weighted by molar-refractivity contribution is 14.1. The number of rotatable bonds is 13. The summed E-state index contributed by atoms with van der Waals surface area (Å²) in [4.78, 5) is 12.6. The molecule has 0 atom stereocenters. The molecular formula is C16H10F12I3NO10S3. The number of nitrogens with one attached hydrogen (secondary N) is 1. The van der Waals surface area contributed by atoms with Crippen molar-refractivity contribution in [3.05, 3.63) is 16.3 Å². The Bertz CT molecular complexity index is 1700. The Morgan fingerprint density at radius 1 is 0.689 bits per heavy atom. The lowest BCUT2D eigenvalue weighted by molar-refractivity contribution is -0.272. The molecule has 0 aliphatic carbocycles. The molecule has 0 spiro atoms. The second-order valence-electron chi connectivity index (χ2n) is 7.97.